The summed E-state index contributed by atoms with van der Waals surface area (Å²) >= 11 is 0. The van der Waals surface area contributed by atoms with Crippen LogP contribution in [0.5, 0.6) is 0 Å². The molecular weight excluding hydrogens is 242 g/mol. The van der Waals surface area contributed by atoms with Crippen LogP contribution < -0.4 is 0 Å². The Bertz CT molecular complexity index is 438. The molecule has 1 fully saturated rings. The molecule has 1 aromatic rings. The van der Waals surface area contributed by atoms with E-state index in [1.807, 2.05) is 6.92 Å². The number of nitrogens with zero attached hydrogens (tertiary/aromatic N) is 5. The van der Waals surface area contributed by atoms with Gasteiger partial charge in [0.1, 0.15) is 0 Å². The Morgan fingerprint density at radius 2 is 2.21 bits per heavy atom. The average molecular weight is 263 g/mol. The molecule has 19 heavy (non-hydrogen) atoms. The van der Waals surface area contributed by atoms with Crippen molar-refractivity contribution in [3.63, 3.8) is 0 Å². The Hall–Kier alpha value is -1.45. The zero-order chi connectivity index (χ0) is 13.7. The van der Waals surface area contributed by atoms with Crippen LogP contribution in [0.4, 0.5) is 0 Å². The first-order chi connectivity index (χ1) is 9.19. The van der Waals surface area contributed by atoms with Crippen molar-refractivity contribution in [2.75, 3.05) is 26.2 Å². The van der Waals surface area contributed by atoms with Crippen LogP contribution in [0, 0.1) is 18.3 Å². The molecule has 104 valence electrons. The van der Waals surface area contributed by atoms with Crippen LogP contribution in [0.2, 0.25) is 0 Å². The van der Waals surface area contributed by atoms with E-state index in [2.05, 4.69) is 32.9 Å². The minimum Gasteiger partial charge on any atom is -0.340 e. The van der Waals surface area contributed by atoms with Crippen molar-refractivity contribution < 1.29 is 4.52 Å². The summed E-state index contributed by atoms with van der Waals surface area (Å²) in [6, 6.07) is 2.60. The van der Waals surface area contributed by atoms with Crippen molar-refractivity contribution >= 4 is 0 Å². The van der Waals surface area contributed by atoms with Gasteiger partial charge in [-0.15, -0.1) is 0 Å². The van der Waals surface area contributed by atoms with E-state index < -0.39 is 0 Å². The first-order valence-electron chi connectivity index (χ1n) is 6.81. The standard InChI is InChI=1S/C13H21N5O/c1-11(4-5-14)18-7-3-6-17(8-9-18)10-13-15-12(2)19-16-13/h11H,3-4,6-10H2,1-2H3. The molecule has 2 heterocycles. The molecule has 1 aromatic heterocycles. The van der Waals surface area contributed by atoms with Gasteiger partial charge in [0.2, 0.25) is 5.89 Å². The lowest BCUT2D eigenvalue weighted by molar-refractivity contribution is 0.207. The molecule has 2 rings (SSSR count). The number of rotatable bonds is 4. The Morgan fingerprint density at radius 1 is 1.37 bits per heavy atom. The second-order valence-corrected chi connectivity index (χ2v) is 5.11. The van der Waals surface area contributed by atoms with E-state index in [1.165, 1.54) is 0 Å². The second kappa shape index (κ2) is 6.64. The molecule has 1 aliphatic rings. The van der Waals surface area contributed by atoms with Crippen molar-refractivity contribution in [1.82, 2.24) is 19.9 Å². The number of aromatic nitrogens is 2. The van der Waals surface area contributed by atoms with Crippen molar-refractivity contribution in [3.8, 4) is 6.07 Å². The zero-order valence-corrected chi connectivity index (χ0v) is 11.7. The van der Waals surface area contributed by atoms with Gasteiger partial charge in [-0.3, -0.25) is 9.80 Å². The molecule has 6 heteroatoms. The number of hydrogen-bond acceptors (Lipinski definition) is 6. The number of aryl methyl sites for hydroxylation is 1. The first kappa shape index (κ1) is 14.0. The summed E-state index contributed by atoms with van der Waals surface area (Å²) in [4.78, 5) is 8.99. The topological polar surface area (TPSA) is 69.2 Å². The van der Waals surface area contributed by atoms with Crippen molar-refractivity contribution in [2.45, 2.75) is 39.3 Å². The van der Waals surface area contributed by atoms with Gasteiger partial charge >= 0.3 is 0 Å². The highest BCUT2D eigenvalue weighted by atomic mass is 16.5. The molecular formula is C13H21N5O. The third-order valence-corrected chi connectivity index (χ3v) is 3.57. The summed E-state index contributed by atoms with van der Waals surface area (Å²) in [6.45, 7) is 8.78. The third-order valence-electron chi connectivity index (χ3n) is 3.57. The number of nitriles is 1. The first-order valence-corrected chi connectivity index (χ1v) is 6.81. The Balaban J connectivity index is 1.85. The maximum atomic E-state index is 8.77. The summed E-state index contributed by atoms with van der Waals surface area (Å²) in [6.07, 6.45) is 1.72. The minimum absolute atomic E-state index is 0.345. The van der Waals surface area contributed by atoms with Crippen LogP contribution in [-0.4, -0.2) is 52.2 Å². The maximum absolute atomic E-state index is 8.77. The maximum Gasteiger partial charge on any atom is 0.223 e. The molecule has 0 radical (unpaired) electrons. The Kier molecular flexibility index (Phi) is 4.88. The lowest BCUT2D eigenvalue weighted by Gasteiger charge is -2.25. The van der Waals surface area contributed by atoms with E-state index in [0.717, 1.165) is 45.0 Å². The molecule has 0 saturated carbocycles. The van der Waals surface area contributed by atoms with Gasteiger partial charge < -0.3 is 4.52 Å². The molecule has 1 unspecified atom stereocenters. The third kappa shape index (κ3) is 4.01. The highest BCUT2D eigenvalue weighted by molar-refractivity contribution is 4.86. The summed E-state index contributed by atoms with van der Waals surface area (Å²) in [5, 5.41) is 12.7. The lowest BCUT2D eigenvalue weighted by atomic mass is 10.2. The van der Waals surface area contributed by atoms with Gasteiger partial charge in [0.15, 0.2) is 5.82 Å². The fourth-order valence-corrected chi connectivity index (χ4v) is 2.46. The zero-order valence-electron chi connectivity index (χ0n) is 11.7. The largest absolute Gasteiger partial charge is 0.340 e. The highest BCUT2D eigenvalue weighted by Crippen LogP contribution is 2.11. The normalized spacial score (nSPS) is 19.8. The summed E-state index contributed by atoms with van der Waals surface area (Å²) < 4.78 is 4.99. The van der Waals surface area contributed by atoms with E-state index in [1.54, 1.807) is 0 Å². The van der Waals surface area contributed by atoms with Gasteiger partial charge in [0, 0.05) is 26.1 Å². The van der Waals surface area contributed by atoms with Crippen LogP contribution in [0.15, 0.2) is 4.52 Å². The molecule has 0 spiro atoms. The molecule has 0 N–H and O–H groups in total. The predicted molar refractivity (Wildman–Crippen MR) is 70.2 cm³/mol. The van der Waals surface area contributed by atoms with Gasteiger partial charge in [-0.25, -0.2) is 0 Å². The average Bonchev–Trinajstić information content (AvgIpc) is 2.64. The summed E-state index contributed by atoms with van der Waals surface area (Å²) in [5.74, 6) is 1.38. The van der Waals surface area contributed by atoms with Crippen molar-refractivity contribution in [2.24, 2.45) is 0 Å². The van der Waals surface area contributed by atoms with Crippen LogP contribution in [-0.2, 0) is 6.54 Å². The van der Waals surface area contributed by atoms with Crippen LogP contribution in [0.25, 0.3) is 0 Å². The molecule has 6 nitrogen and oxygen atoms in total. The molecule has 0 bridgehead atoms. The quantitative estimate of drug-likeness (QED) is 0.812. The van der Waals surface area contributed by atoms with E-state index in [9.17, 15) is 0 Å². The van der Waals surface area contributed by atoms with Gasteiger partial charge in [0.05, 0.1) is 19.0 Å². The molecule has 0 aromatic carbocycles. The van der Waals surface area contributed by atoms with Gasteiger partial charge in [-0.05, 0) is 26.4 Å². The molecule has 1 atom stereocenters. The smallest absolute Gasteiger partial charge is 0.223 e. The molecule has 1 saturated heterocycles. The monoisotopic (exact) mass is 263 g/mol. The van der Waals surface area contributed by atoms with Crippen LogP contribution >= 0.6 is 0 Å². The molecule has 0 aliphatic carbocycles. The van der Waals surface area contributed by atoms with Crippen molar-refractivity contribution in [1.29, 1.82) is 5.26 Å². The fourth-order valence-electron chi connectivity index (χ4n) is 2.46. The van der Waals surface area contributed by atoms with Gasteiger partial charge in [0.25, 0.3) is 0 Å². The van der Waals surface area contributed by atoms with E-state index >= 15 is 0 Å². The Labute approximate surface area is 114 Å². The van der Waals surface area contributed by atoms with Crippen molar-refractivity contribution in [3.05, 3.63) is 11.7 Å². The summed E-state index contributed by atoms with van der Waals surface area (Å²) in [5.41, 5.74) is 0. The fraction of sp³-hybridized carbons (Fsp3) is 0.769. The van der Waals surface area contributed by atoms with Crippen LogP contribution in [0.3, 0.4) is 0 Å². The Morgan fingerprint density at radius 3 is 2.89 bits per heavy atom. The summed E-state index contributed by atoms with van der Waals surface area (Å²) in [7, 11) is 0. The predicted octanol–water partition coefficient (Wildman–Crippen LogP) is 1.19. The van der Waals surface area contributed by atoms with E-state index in [4.69, 9.17) is 9.78 Å². The van der Waals surface area contributed by atoms with E-state index in [0.29, 0.717) is 18.4 Å². The van der Waals surface area contributed by atoms with Gasteiger partial charge in [-0.1, -0.05) is 5.16 Å². The highest BCUT2D eigenvalue weighted by Gasteiger charge is 2.19. The molecule has 1 aliphatic heterocycles. The SMILES string of the molecule is Cc1nc(CN2CCCN(C(C)CC#N)CC2)no1. The number of hydrogen-bond donors (Lipinski definition) is 0. The molecule has 0 amide bonds. The van der Waals surface area contributed by atoms with Crippen LogP contribution in [0.1, 0.15) is 31.5 Å². The van der Waals surface area contributed by atoms with E-state index in [-0.39, 0.29) is 0 Å². The minimum atomic E-state index is 0.345. The second-order valence-electron chi connectivity index (χ2n) is 5.11. The van der Waals surface area contributed by atoms with Gasteiger partial charge in [-0.2, -0.15) is 10.2 Å². The lowest BCUT2D eigenvalue weighted by Crippen LogP contribution is -2.36.